The molecule has 0 aromatic heterocycles. The molecule has 0 aromatic rings. The van der Waals surface area contributed by atoms with E-state index in [1.54, 1.807) is 0 Å². The second-order valence-electron chi connectivity index (χ2n) is 29.6. The van der Waals surface area contributed by atoms with Crippen molar-refractivity contribution >= 4 is 39.5 Å². The monoisotopic (exact) mass is 1470 g/mol. The van der Waals surface area contributed by atoms with E-state index in [2.05, 4.69) is 34.6 Å². The molecule has 0 aliphatic carbocycles. The third kappa shape index (κ3) is 74.3. The highest BCUT2D eigenvalue weighted by Gasteiger charge is 2.30. The highest BCUT2D eigenvalue weighted by atomic mass is 31.2. The fourth-order valence-corrected chi connectivity index (χ4v) is 14.2. The number of carbonyl (C=O) groups excluding carboxylic acids is 4. The fourth-order valence-electron chi connectivity index (χ4n) is 12.6. The van der Waals surface area contributed by atoms with Crippen molar-refractivity contribution in [1.82, 2.24) is 0 Å². The van der Waals surface area contributed by atoms with Crippen LogP contribution in [0.25, 0.3) is 0 Å². The molecule has 2 unspecified atom stereocenters. The predicted molar refractivity (Wildman–Crippen MR) is 409 cm³/mol. The number of aliphatic hydroxyl groups is 1. The van der Waals surface area contributed by atoms with Crippen LogP contribution in [0.1, 0.15) is 433 Å². The third-order valence-corrected chi connectivity index (χ3v) is 20.9. The molecular formula is C81H158O17P2. The Kier molecular flexibility index (Phi) is 72.5. The summed E-state index contributed by atoms with van der Waals surface area (Å²) in [7, 11) is -9.92. The smallest absolute Gasteiger partial charge is 0.462 e. The number of unbranched alkanes of at least 4 members (excludes halogenated alkanes) is 53. The maximum absolute atomic E-state index is 13.1. The van der Waals surface area contributed by atoms with Gasteiger partial charge in [0.25, 0.3) is 0 Å². The zero-order valence-corrected chi connectivity index (χ0v) is 67.1. The van der Waals surface area contributed by atoms with Crippen molar-refractivity contribution in [3.8, 4) is 0 Å². The van der Waals surface area contributed by atoms with Gasteiger partial charge < -0.3 is 33.8 Å². The topological polar surface area (TPSA) is 237 Å². The maximum atomic E-state index is 13.1. The zero-order valence-electron chi connectivity index (χ0n) is 65.3. The summed E-state index contributed by atoms with van der Waals surface area (Å²) in [6.07, 6.45) is 65.1. The molecule has 3 N–H and O–H groups in total. The second-order valence-corrected chi connectivity index (χ2v) is 32.5. The molecule has 0 aliphatic heterocycles. The summed E-state index contributed by atoms with van der Waals surface area (Å²) in [5, 5.41) is 10.6. The van der Waals surface area contributed by atoms with E-state index in [9.17, 15) is 43.2 Å². The van der Waals surface area contributed by atoms with Crippen LogP contribution in [0.4, 0.5) is 0 Å². The van der Waals surface area contributed by atoms with E-state index in [0.29, 0.717) is 25.7 Å². The molecule has 0 bridgehead atoms. The number of hydrogen-bond donors (Lipinski definition) is 3. The van der Waals surface area contributed by atoms with Crippen molar-refractivity contribution < 1.29 is 80.2 Å². The highest BCUT2D eigenvalue weighted by molar-refractivity contribution is 7.47. The third-order valence-electron chi connectivity index (χ3n) is 19.0. The summed E-state index contributed by atoms with van der Waals surface area (Å²) in [5.74, 6) is -1.31. The first kappa shape index (κ1) is 98.1. The standard InChI is InChI=1S/C81H158O17P2/c1-6-9-12-15-18-21-24-26-27-28-29-30-31-32-37-42-47-52-57-62-67-81(86)98-77(71-92-79(84)65-60-55-50-45-41-36-34-33-35-39-43-48-53-58-63-74(4)5)73-96-100(89,90)94-69-75(82)68-93-99(87,88)95-72-76(70-91-78(83)64-59-54-49-44-38-23-20-17-14-11-8-3)97-80(85)66-61-56-51-46-40-25-22-19-16-13-10-7-2/h74-77,82H,6-73H2,1-5H3,(H,87,88)(H,89,90)/t75-,76+,77+/m0/s1. The summed E-state index contributed by atoms with van der Waals surface area (Å²) < 4.78 is 68.7. The van der Waals surface area contributed by atoms with Crippen LogP contribution >= 0.6 is 15.6 Å². The molecule has 594 valence electrons. The van der Waals surface area contributed by atoms with Crippen LogP contribution in [0.2, 0.25) is 0 Å². The first-order chi connectivity index (χ1) is 48.5. The molecule has 0 spiro atoms. The van der Waals surface area contributed by atoms with Crippen LogP contribution in [-0.4, -0.2) is 96.7 Å². The summed E-state index contributed by atoms with van der Waals surface area (Å²) in [5.41, 5.74) is 0. The van der Waals surface area contributed by atoms with Crippen molar-refractivity contribution in [2.45, 2.75) is 451 Å². The average molecular weight is 1470 g/mol. The summed E-state index contributed by atoms with van der Waals surface area (Å²) in [6.45, 7) is 7.35. The molecule has 100 heavy (non-hydrogen) atoms. The minimum absolute atomic E-state index is 0.108. The predicted octanol–water partition coefficient (Wildman–Crippen LogP) is 24.4. The van der Waals surface area contributed by atoms with Crippen molar-refractivity contribution in [1.29, 1.82) is 0 Å². The number of phosphoric ester groups is 2. The Morgan fingerprint density at radius 1 is 0.270 bits per heavy atom. The molecule has 0 saturated carbocycles. The van der Waals surface area contributed by atoms with Gasteiger partial charge in [-0.3, -0.25) is 37.3 Å². The summed E-state index contributed by atoms with van der Waals surface area (Å²) >= 11 is 0. The van der Waals surface area contributed by atoms with E-state index in [1.807, 2.05) is 0 Å². The molecule has 17 nitrogen and oxygen atoms in total. The van der Waals surface area contributed by atoms with Gasteiger partial charge in [0.2, 0.25) is 0 Å². The van der Waals surface area contributed by atoms with Gasteiger partial charge in [-0.2, -0.15) is 0 Å². The van der Waals surface area contributed by atoms with Gasteiger partial charge in [-0.1, -0.05) is 381 Å². The number of esters is 4. The van der Waals surface area contributed by atoms with Gasteiger partial charge in [0, 0.05) is 25.7 Å². The lowest BCUT2D eigenvalue weighted by Crippen LogP contribution is -2.30. The molecule has 5 atom stereocenters. The molecule has 0 aromatic carbocycles. The average Bonchev–Trinajstić information content (AvgIpc) is 0.956. The Morgan fingerprint density at radius 2 is 0.460 bits per heavy atom. The largest absolute Gasteiger partial charge is 0.472 e. The molecule has 19 heteroatoms. The minimum atomic E-state index is -4.96. The van der Waals surface area contributed by atoms with Gasteiger partial charge in [0.1, 0.15) is 19.3 Å². The van der Waals surface area contributed by atoms with Crippen molar-refractivity contribution in [2.24, 2.45) is 5.92 Å². The lowest BCUT2D eigenvalue weighted by atomic mass is 10.0. The van der Waals surface area contributed by atoms with Gasteiger partial charge in [-0.05, 0) is 31.6 Å². The second kappa shape index (κ2) is 73.9. The van der Waals surface area contributed by atoms with E-state index in [1.165, 1.54) is 257 Å². The molecular weight excluding hydrogens is 1310 g/mol. The van der Waals surface area contributed by atoms with Crippen molar-refractivity contribution in [3.63, 3.8) is 0 Å². The zero-order chi connectivity index (χ0) is 73.4. The molecule has 0 radical (unpaired) electrons. The highest BCUT2D eigenvalue weighted by Crippen LogP contribution is 2.45. The Morgan fingerprint density at radius 3 is 0.680 bits per heavy atom. The Balaban J connectivity index is 5.23. The van der Waals surface area contributed by atoms with Crippen LogP contribution in [0.15, 0.2) is 0 Å². The van der Waals surface area contributed by atoms with E-state index in [0.717, 1.165) is 95.8 Å². The number of hydrogen-bond acceptors (Lipinski definition) is 15. The van der Waals surface area contributed by atoms with E-state index in [-0.39, 0.29) is 25.7 Å². The van der Waals surface area contributed by atoms with Gasteiger partial charge in [0.15, 0.2) is 12.2 Å². The van der Waals surface area contributed by atoms with Gasteiger partial charge in [0.05, 0.1) is 26.4 Å². The van der Waals surface area contributed by atoms with Crippen LogP contribution in [0, 0.1) is 5.92 Å². The molecule has 0 saturated heterocycles. The number of ether oxygens (including phenoxy) is 4. The summed E-state index contributed by atoms with van der Waals surface area (Å²) in [4.78, 5) is 73.0. The van der Waals surface area contributed by atoms with E-state index < -0.39 is 97.5 Å². The Labute approximate surface area is 613 Å². The Bertz CT molecular complexity index is 1910. The molecule has 0 fully saturated rings. The van der Waals surface area contributed by atoms with Gasteiger partial charge in [-0.25, -0.2) is 9.13 Å². The number of rotatable bonds is 81. The Hall–Kier alpha value is -1.94. The summed E-state index contributed by atoms with van der Waals surface area (Å²) in [6, 6.07) is 0. The van der Waals surface area contributed by atoms with Crippen molar-refractivity contribution in [3.05, 3.63) is 0 Å². The van der Waals surface area contributed by atoms with E-state index >= 15 is 0 Å². The quantitative estimate of drug-likeness (QED) is 0.0222. The lowest BCUT2D eigenvalue weighted by molar-refractivity contribution is -0.161. The number of phosphoric acid groups is 2. The first-order valence-electron chi connectivity index (χ1n) is 42.1. The van der Waals surface area contributed by atoms with E-state index in [4.69, 9.17) is 37.0 Å². The van der Waals surface area contributed by atoms with Gasteiger partial charge in [-0.15, -0.1) is 0 Å². The number of carbonyl (C=O) groups is 4. The molecule has 0 amide bonds. The van der Waals surface area contributed by atoms with Crippen LogP contribution in [0.5, 0.6) is 0 Å². The van der Waals surface area contributed by atoms with Crippen LogP contribution in [0.3, 0.4) is 0 Å². The first-order valence-corrected chi connectivity index (χ1v) is 45.1. The van der Waals surface area contributed by atoms with Crippen LogP contribution < -0.4 is 0 Å². The van der Waals surface area contributed by atoms with Crippen LogP contribution in [-0.2, 0) is 65.4 Å². The molecule has 0 rings (SSSR count). The molecule has 0 aliphatic rings. The van der Waals surface area contributed by atoms with Gasteiger partial charge >= 0.3 is 39.5 Å². The SMILES string of the molecule is CCCCCCCCCCCCCCCCCCCCCCC(=O)O[C@H](COC(=O)CCCCCCCCCCCCCCCCC(C)C)COP(=O)(O)OC[C@@H](O)COP(=O)(O)OC[C@@H](COC(=O)CCCCCCCCCCCCC)OC(=O)CCCCCCCCCCCCCC. The molecule has 0 heterocycles. The number of aliphatic hydroxyl groups excluding tert-OH is 1. The van der Waals surface area contributed by atoms with Crippen molar-refractivity contribution in [2.75, 3.05) is 39.6 Å². The maximum Gasteiger partial charge on any atom is 0.472 e. The minimum Gasteiger partial charge on any atom is -0.462 e. The fraction of sp³-hybridized carbons (Fsp3) is 0.951. The lowest BCUT2D eigenvalue weighted by Gasteiger charge is -2.21. The normalized spacial score (nSPS) is 13.8.